The Morgan fingerprint density at radius 1 is 0.917 bits per heavy atom. The SMILES string of the molecule is COc1cccc(N2C(=O)C(=O)/C(=C(/O)c3ccc(OC)c(C)c3)C2c2ccc(OC(C)C)cc2)c1. The van der Waals surface area contributed by atoms with E-state index in [1.807, 2.05) is 20.8 Å². The fourth-order valence-corrected chi connectivity index (χ4v) is 4.36. The summed E-state index contributed by atoms with van der Waals surface area (Å²) in [7, 11) is 3.10. The number of methoxy groups -OCH3 is 2. The zero-order valence-electron chi connectivity index (χ0n) is 20.9. The number of amides is 1. The second-order valence-corrected chi connectivity index (χ2v) is 8.79. The monoisotopic (exact) mass is 487 g/mol. The molecule has 0 saturated carbocycles. The third-order valence-corrected chi connectivity index (χ3v) is 6.01. The zero-order chi connectivity index (χ0) is 26.0. The fraction of sp³-hybridized carbons (Fsp3) is 0.241. The number of rotatable bonds is 7. The van der Waals surface area contributed by atoms with Crippen molar-refractivity contribution in [2.75, 3.05) is 19.1 Å². The molecule has 1 aliphatic heterocycles. The van der Waals surface area contributed by atoms with Crippen LogP contribution in [0.3, 0.4) is 0 Å². The molecule has 36 heavy (non-hydrogen) atoms. The van der Waals surface area contributed by atoms with Crippen LogP contribution < -0.4 is 19.1 Å². The number of nitrogens with zero attached hydrogens (tertiary/aromatic N) is 1. The molecule has 0 spiro atoms. The quantitative estimate of drug-likeness (QED) is 0.272. The van der Waals surface area contributed by atoms with E-state index in [2.05, 4.69) is 0 Å². The van der Waals surface area contributed by atoms with Gasteiger partial charge < -0.3 is 19.3 Å². The lowest BCUT2D eigenvalue weighted by molar-refractivity contribution is -0.132. The van der Waals surface area contributed by atoms with Gasteiger partial charge in [0.2, 0.25) is 0 Å². The van der Waals surface area contributed by atoms with Crippen molar-refractivity contribution in [3.05, 3.63) is 89.0 Å². The Balaban J connectivity index is 1.90. The van der Waals surface area contributed by atoms with Gasteiger partial charge in [0.1, 0.15) is 23.0 Å². The molecule has 1 N–H and O–H groups in total. The van der Waals surface area contributed by atoms with Crippen molar-refractivity contribution in [2.45, 2.75) is 32.9 Å². The maximum Gasteiger partial charge on any atom is 0.300 e. The molecule has 1 fully saturated rings. The Labute approximate surface area is 210 Å². The van der Waals surface area contributed by atoms with Gasteiger partial charge in [-0.15, -0.1) is 0 Å². The minimum absolute atomic E-state index is 0.00317. The van der Waals surface area contributed by atoms with Crippen LogP contribution in [-0.2, 0) is 9.59 Å². The highest BCUT2D eigenvalue weighted by atomic mass is 16.5. The van der Waals surface area contributed by atoms with Crippen molar-refractivity contribution in [3.63, 3.8) is 0 Å². The van der Waals surface area contributed by atoms with Crippen LogP contribution in [0.1, 0.15) is 36.6 Å². The molecule has 0 bridgehead atoms. The molecular weight excluding hydrogens is 458 g/mol. The van der Waals surface area contributed by atoms with Crippen LogP contribution in [0.4, 0.5) is 5.69 Å². The number of aryl methyl sites for hydroxylation is 1. The molecule has 1 unspecified atom stereocenters. The van der Waals surface area contributed by atoms with Gasteiger partial charge >= 0.3 is 0 Å². The van der Waals surface area contributed by atoms with E-state index in [1.54, 1.807) is 73.8 Å². The Morgan fingerprint density at radius 2 is 1.64 bits per heavy atom. The Kier molecular flexibility index (Phi) is 7.01. The first-order chi connectivity index (χ1) is 17.2. The molecule has 0 aliphatic carbocycles. The summed E-state index contributed by atoms with van der Waals surface area (Å²) in [5.41, 5.74) is 2.34. The van der Waals surface area contributed by atoms with Crippen molar-refractivity contribution in [1.82, 2.24) is 0 Å². The number of carbonyl (C=O) groups is 2. The number of aliphatic hydroxyl groups excluding tert-OH is 1. The molecular formula is C29H29NO6. The summed E-state index contributed by atoms with van der Waals surface area (Å²) in [6.07, 6.45) is -0.00317. The predicted molar refractivity (Wildman–Crippen MR) is 138 cm³/mol. The van der Waals surface area contributed by atoms with Crippen LogP contribution in [0, 0.1) is 6.92 Å². The number of ketones is 1. The number of aliphatic hydroxyl groups is 1. The van der Waals surface area contributed by atoms with Crippen LogP contribution in [0.5, 0.6) is 17.2 Å². The first-order valence-electron chi connectivity index (χ1n) is 11.6. The molecule has 7 nitrogen and oxygen atoms in total. The zero-order valence-corrected chi connectivity index (χ0v) is 20.9. The number of hydrogen-bond acceptors (Lipinski definition) is 6. The van der Waals surface area contributed by atoms with Crippen molar-refractivity contribution in [3.8, 4) is 17.2 Å². The Morgan fingerprint density at radius 3 is 2.25 bits per heavy atom. The Bertz CT molecular complexity index is 1330. The summed E-state index contributed by atoms with van der Waals surface area (Å²) in [4.78, 5) is 28.1. The first-order valence-corrected chi connectivity index (χ1v) is 11.6. The molecule has 3 aromatic carbocycles. The highest BCUT2D eigenvalue weighted by Crippen LogP contribution is 2.43. The third kappa shape index (κ3) is 4.64. The maximum atomic E-state index is 13.4. The topological polar surface area (TPSA) is 85.3 Å². The molecule has 1 amide bonds. The second kappa shape index (κ2) is 10.2. The molecule has 7 heteroatoms. The molecule has 1 saturated heterocycles. The Hall–Kier alpha value is -4.26. The fourth-order valence-electron chi connectivity index (χ4n) is 4.36. The van der Waals surface area contributed by atoms with Gasteiger partial charge in [0.05, 0.1) is 31.9 Å². The summed E-state index contributed by atoms with van der Waals surface area (Å²) in [6.45, 7) is 5.71. The van der Waals surface area contributed by atoms with Gasteiger partial charge in [-0.2, -0.15) is 0 Å². The normalized spacial score (nSPS) is 16.9. The smallest absolute Gasteiger partial charge is 0.300 e. The number of Topliss-reactive ketones (excluding diaryl/α,β-unsaturated/α-hetero) is 1. The van der Waals surface area contributed by atoms with Crippen molar-refractivity contribution < 1.29 is 28.9 Å². The number of anilines is 1. The van der Waals surface area contributed by atoms with E-state index in [-0.39, 0.29) is 17.4 Å². The molecule has 0 radical (unpaired) electrons. The number of carbonyl (C=O) groups excluding carboxylic acids is 2. The van der Waals surface area contributed by atoms with E-state index in [9.17, 15) is 14.7 Å². The van der Waals surface area contributed by atoms with E-state index in [0.29, 0.717) is 34.1 Å². The number of ether oxygens (including phenoxy) is 3. The van der Waals surface area contributed by atoms with E-state index in [0.717, 1.165) is 5.56 Å². The molecule has 1 atom stereocenters. The average molecular weight is 488 g/mol. The summed E-state index contributed by atoms with van der Waals surface area (Å²) < 4.78 is 16.4. The maximum absolute atomic E-state index is 13.4. The van der Waals surface area contributed by atoms with Crippen LogP contribution in [0.25, 0.3) is 5.76 Å². The average Bonchev–Trinajstić information content (AvgIpc) is 3.14. The van der Waals surface area contributed by atoms with Gasteiger partial charge in [0, 0.05) is 17.3 Å². The van der Waals surface area contributed by atoms with Crippen molar-refractivity contribution in [1.29, 1.82) is 0 Å². The lowest BCUT2D eigenvalue weighted by Crippen LogP contribution is -2.29. The van der Waals surface area contributed by atoms with E-state index in [1.165, 1.54) is 12.0 Å². The van der Waals surface area contributed by atoms with Gasteiger partial charge in [-0.1, -0.05) is 18.2 Å². The summed E-state index contributed by atoms with van der Waals surface area (Å²) in [5.74, 6) is 0.106. The van der Waals surface area contributed by atoms with Crippen molar-refractivity contribution >= 4 is 23.1 Å². The van der Waals surface area contributed by atoms with E-state index >= 15 is 0 Å². The second-order valence-electron chi connectivity index (χ2n) is 8.79. The third-order valence-electron chi connectivity index (χ3n) is 6.01. The summed E-state index contributed by atoms with van der Waals surface area (Å²) in [6, 6.07) is 18.4. The summed E-state index contributed by atoms with van der Waals surface area (Å²) in [5, 5.41) is 11.4. The standard InChI is InChI=1S/C29H29NO6/c1-17(2)36-22-12-9-19(10-13-22)26-25(27(31)20-11-14-24(35-5)18(3)15-20)28(32)29(33)30(26)21-7-6-8-23(16-21)34-4/h6-17,26,31H,1-5H3/b27-25+. The lowest BCUT2D eigenvalue weighted by atomic mass is 9.94. The highest BCUT2D eigenvalue weighted by molar-refractivity contribution is 6.51. The summed E-state index contributed by atoms with van der Waals surface area (Å²) >= 11 is 0. The van der Waals surface area contributed by atoms with Gasteiger partial charge in [-0.05, 0) is 74.4 Å². The lowest BCUT2D eigenvalue weighted by Gasteiger charge is -2.26. The first kappa shape index (κ1) is 24.9. The molecule has 4 rings (SSSR count). The molecule has 1 aliphatic rings. The molecule has 0 aromatic heterocycles. The predicted octanol–water partition coefficient (Wildman–Crippen LogP) is 5.43. The van der Waals surface area contributed by atoms with E-state index < -0.39 is 17.7 Å². The van der Waals surface area contributed by atoms with Gasteiger partial charge in [0.15, 0.2) is 0 Å². The van der Waals surface area contributed by atoms with Crippen LogP contribution in [0.15, 0.2) is 72.3 Å². The highest BCUT2D eigenvalue weighted by Gasteiger charge is 2.47. The van der Waals surface area contributed by atoms with Gasteiger partial charge in [-0.3, -0.25) is 14.5 Å². The van der Waals surface area contributed by atoms with Crippen LogP contribution in [0.2, 0.25) is 0 Å². The largest absolute Gasteiger partial charge is 0.507 e. The van der Waals surface area contributed by atoms with Gasteiger partial charge in [-0.25, -0.2) is 0 Å². The molecule has 1 heterocycles. The van der Waals surface area contributed by atoms with Gasteiger partial charge in [0.25, 0.3) is 11.7 Å². The van der Waals surface area contributed by atoms with E-state index in [4.69, 9.17) is 14.2 Å². The minimum Gasteiger partial charge on any atom is -0.507 e. The number of benzene rings is 3. The van der Waals surface area contributed by atoms with Crippen LogP contribution in [-0.4, -0.2) is 37.1 Å². The number of hydrogen-bond donors (Lipinski definition) is 1. The minimum atomic E-state index is -0.854. The van der Waals surface area contributed by atoms with Crippen molar-refractivity contribution in [2.24, 2.45) is 0 Å². The van der Waals surface area contributed by atoms with Crippen LogP contribution >= 0.6 is 0 Å². The molecule has 186 valence electrons. The molecule has 3 aromatic rings.